The molecule has 5 nitrogen and oxygen atoms in total. The summed E-state index contributed by atoms with van der Waals surface area (Å²) in [5, 5.41) is 2.32. The number of benzene rings is 2. The van der Waals surface area contributed by atoms with Gasteiger partial charge in [0.25, 0.3) is 0 Å². The van der Waals surface area contributed by atoms with E-state index in [2.05, 4.69) is 50.2 Å². The van der Waals surface area contributed by atoms with Crippen LogP contribution in [0.2, 0.25) is 0 Å². The molecular formula is C22H25BrN4O. The number of hydrogen-bond donors (Lipinski definition) is 2. The van der Waals surface area contributed by atoms with Gasteiger partial charge in [0.15, 0.2) is 0 Å². The maximum absolute atomic E-state index is 12.8. The summed E-state index contributed by atoms with van der Waals surface area (Å²) in [6.07, 6.45) is 3.75. The lowest BCUT2D eigenvalue weighted by Crippen LogP contribution is -2.46. The molecule has 28 heavy (non-hydrogen) atoms. The summed E-state index contributed by atoms with van der Waals surface area (Å²) in [6.45, 7) is 4.70. The van der Waals surface area contributed by atoms with E-state index in [-0.39, 0.29) is 17.9 Å². The minimum Gasteiger partial charge on any atom is -0.340 e. The molecule has 0 saturated carbocycles. The van der Waals surface area contributed by atoms with Crippen LogP contribution < -0.4 is 5.73 Å². The molecule has 3 N–H and O–H groups in total. The normalized spacial score (nSPS) is 18.2. The molecular weight excluding hydrogens is 416 g/mol. The Bertz CT molecular complexity index is 1010. The van der Waals surface area contributed by atoms with Crippen LogP contribution in [0.1, 0.15) is 38.6 Å². The molecule has 4 rings (SSSR count). The number of nitrogens with two attached hydrogens (primary N) is 1. The Hall–Kier alpha value is -2.18. The lowest BCUT2D eigenvalue weighted by molar-refractivity contribution is -0.134. The van der Waals surface area contributed by atoms with Gasteiger partial charge in [0, 0.05) is 16.6 Å². The Balaban J connectivity index is 1.67. The molecule has 6 heteroatoms. The number of nitrogens with one attached hydrogen (secondary N) is 1. The average molecular weight is 441 g/mol. The molecule has 146 valence electrons. The summed E-state index contributed by atoms with van der Waals surface area (Å²) >= 11 is 3.63. The molecule has 1 aliphatic heterocycles. The zero-order valence-corrected chi connectivity index (χ0v) is 17.7. The van der Waals surface area contributed by atoms with Crippen LogP contribution in [0.15, 0.2) is 47.1 Å². The number of hydrogen-bond acceptors (Lipinski definition) is 3. The second kappa shape index (κ2) is 7.68. The lowest BCUT2D eigenvalue weighted by atomic mass is 10.0. The number of H-pyrrole nitrogens is 1. The van der Waals surface area contributed by atoms with Crippen molar-refractivity contribution >= 4 is 32.6 Å². The van der Waals surface area contributed by atoms with E-state index in [1.165, 1.54) is 0 Å². The smallest absolute Gasteiger partial charge is 0.240 e. The molecule has 2 aromatic carbocycles. The largest absolute Gasteiger partial charge is 0.340 e. The van der Waals surface area contributed by atoms with Crippen LogP contribution in [-0.2, 0) is 4.79 Å². The number of amides is 1. The summed E-state index contributed by atoms with van der Waals surface area (Å²) < 4.78 is 1.07. The second-order valence-electron chi connectivity index (χ2n) is 7.78. The van der Waals surface area contributed by atoms with E-state index in [1.807, 2.05) is 37.1 Å². The Kier molecular flexibility index (Phi) is 5.25. The van der Waals surface area contributed by atoms with E-state index in [0.29, 0.717) is 0 Å². The van der Waals surface area contributed by atoms with Crippen LogP contribution in [0.3, 0.4) is 0 Å². The number of aromatic nitrogens is 2. The predicted molar refractivity (Wildman–Crippen MR) is 116 cm³/mol. The third-order valence-corrected chi connectivity index (χ3v) is 6.30. The van der Waals surface area contributed by atoms with Crippen LogP contribution in [0, 0.1) is 5.92 Å². The zero-order valence-electron chi connectivity index (χ0n) is 16.2. The van der Waals surface area contributed by atoms with E-state index in [4.69, 9.17) is 5.73 Å². The highest BCUT2D eigenvalue weighted by atomic mass is 79.9. The van der Waals surface area contributed by atoms with Gasteiger partial charge < -0.3 is 15.6 Å². The van der Waals surface area contributed by atoms with Crippen LogP contribution in [0.4, 0.5) is 0 Å². The highest BCUT2D eigenvalue weighted by molar-refractivity contribution is 9.10. The maximum Gasteiger partial charge on any atom is 0.240 e. The van der Waals surface area contributed by atoms with Crippen molar-refractivity contribution in [2.75, 3.05) is 6.54 Å². The van der Waals surface area contributed by atoms with Crippen molar-refractivity contribution in [1.29, 1.82) is 0 Å². The highest BCUT2D eigenvalue weighted by Crippen LogP contribution is 2.35. The van der Waals surface area contributed by atoms with Gasteiger partial charge in [0.1, 0.15) is 5.82 Å². The van der Waals surface area contributed by atoms with Gasteiger partial charge in [-0.2, -0.15) is 0 Å². The monoisotopic (exact) mass is 440 g/mol. The minimum absolute atomic E-state index is 0.0181. The number of halogens is 1. The lowest BCUT2D eigenvalue weighted by Gasteiger charge is -2.27. The SMILES string of the molecule is CC(C)C(N)C(=O)N1CCCC1c1ncc(-c2ccc(Br)c3ccccc23)[nH]1. The van der Waals surface area contributed by atoms with E-state index in [1.54, 1.807) is 0 Å². The minimum atomic E-state index is -0.467. The van der Waals surface area contributed by atoms with Gasteiger partial charge in [-0.15, -0.1) is 0 Å². The third kappa shape index (κ3) is 3.35. The molecule has 0 aliphatic carbocycles. The Morgan fingerprint density at radius 3 is 2.75 bits per heavy atom. The molecule has 0 radical (unpaired) electrons. The number of rotatable bonds is 4. The van der Waals surface area contributed by atoms with Gasteiger partial charge in [-0.1, -0.05) is 60.1 Å². The fourth-order valence-electron chi connectivity index (χ4n) is 3.93. The summed E-state index contributed by atoms with van der Waals surface area (Å²) in [5.74, 6) is 0.975. The second-order valence-corrected chi connectivity index (χ2v) is 8.64. The van der Waals surface area contributed by atoms with Crippen LogP contribution in [0.25, 0.3) is 22.0 Å². The Labute approximate surface area is 173 Å². The highest BCUT2D eigenvalue weighted by Gasteiger charge is 2.35. The number of carbonyl (C=O) groups is 1. The molecule has 1 aliphatic rings. The van der Waals surface area contributed by atoms with Crippen molar-refractivity contribution in [3.8, 4) is 11.3 Å². The molecule has 1 fully saturated rings. The first-order chi connectivity index (χ1) is 13.5. The van der Waals surface area contributed by atoms with Crippen molar-refractivity contribution in [2.45, 2.75) is 38.8 Å². The van der Waals surface area contributed by atoms with Crippen molar-refractivity contribution in [2.24, 2.45) is 11.7 Å². The molecule has 2 heterocycles. The molecule has 1 aromatic heterocycles. The topological polar surface area (TPSA) is 75.0 Å². The first kappa shape index (κ1) is 19.2. The summed E-state index contributed by atoms with van der Waals surface area (Å²) in [6, 6.07) is 11.9. The molecule has 0 bridgehead atoms. The Morgan fingerprint density at radius 2 is 2.00 bits per heavy atom. The van der Waals surface area contributed by atoms with Gasteiger partial charge in [-0.25, -0.2) is 4.98 Å². The summed E-state index contributed by atoms with van der Waals surface area (Å²) in [4.78, 5) is 22.8. The number of likely N-dealkylation sites (tertiary alicyclic amines) is 1. The van der Waals surface area contributed by atoms with Crippen molar-refractivity contribution in [3.05, 3.63) is 52.9 Å². The van der Waals surface area contributed by atoms with Crippen molar-refractivity contribution < 1.29 is 4.79 Å². The molecule has 3 aromatic rings. The molecule has 1 amide bonds. The quantitative estimate of drug-likeness (QED) is 0.620. The maximum atomic E-state index is 12.8. The fraction of sp³-hybridized carbons (Fsp3) is 0.364. The van der Waals surface area contributed by atoms with Gasteiger partial charge in [0.05, 0.1) is 24.0 Å². The number of aromatic amines is 1. The molecule has 2 unspecified atom stereocenters. The van der Waals surface area contributed by atoms with E-state index < -0.39 is 6.04 Å². The molecule has 2 atom stereocenters. The van der Waals surface area contributed by atoms with Crippen LogP contribution in [-0.4, -0.2) is 33.4 Å². The molecule has 1 saturated heterocycles. The van der Waals surface area contributed by atoms with Gasteiger partial charge in [-0.3, -0.25) is 4.79 Å². The predicted octanol–water partition coefficient (Wildman–Crippen LogP) is 4.64. The standard InChI is InChI=1S/C22H25BrN4O/c1-13(2)20(24)22(28)27-11-5-8-19(27)21-25-12-18(26-21)16-9-10-17(23)15-7-4-3-6-14(15)16/h3-4,6-7,9-10,12-13,19-20H,5,8,11,24H2,1-2H3,(H,25,26). The van der Waals surface area contributed by atoms with Crippen LogP contribution >= 0.6 is 15.9 Å². The number of imidazole rings is 1. The van der Waals surface area contributed by atoms with Crippen molar-refractivity contribution in [3.63, 3.8) is 0 Å². The fourth-order valence-corrected chi connectivity index (χ4v) is 4.41. The first-order valence-corrected chi connectivity index (χ1v) is 10.5. The van der Waals surface area contributed by atoms with Gasteiger partial charge >= 0.3 is 0 Å². The van der Waals surface area contributed by atoms with E-state index >= 15 is 0 Å². The van der Waals surface area contributed by atoms with Gasteiger partial charge in [0.2, 0.25) is 5.91 Å². The van der Waals surface area contributed by atoms with E-state index in [9.17, 15) is 4.79 Å². The first-order valence-electron chi connectivity index (χ1n) is 9.76. The zero-order chi connectivity index (χ0) is 19.8. The molecule has 0 spiro atoms. The van der Waals surface area contributed by atoms with Crippen molar-refractivity contribution in [1.82, 2.24) is 14.9 Å². The average Bonchev–Trinajstić information content (AvgIpc) is 3.36. The Morgan fingerprint density at radius 1 is 1.25 bits per heavy atom. The summed E-state index contributed by atoms with van der Waals surface area (Å²) in [7, 11) is 0. The summed E-state index contributed by atoms with van der Waals surface area (Å²) in [5.41, 5.74) is 8.19. The van der Waals surface area contributed by atoms with E-state index in [0.717, 1.165) is 51.7 Å². The number of carbonyl (C=O) groups excluding carboxylic acids is 1. The van der Waals surface area contributed by atoms with Gasteiger partial charge in [-0.05, 0) is 35.6 Å². The third-order valence-electron chi connectivity index (χ3n) is 5.61. The van der Waals surface area contributed by atoms with Crippen LogP contribution in [0.5, 0.6) is 0 Å². The number of fused-ring (bicyclic) bond motifs is 1. The number of nitrogens with zero attached hydrogens (tertiary/aromatic N) is 2.